The first kappa shape index (κ1) is 12.3. The molecule has 0 spiro atoms. The minimum atomic E-state index is -4.46. The molecule has 2 aromatic rings. The van der Waals surface area contributed by atoms with Crippen molar-refractivity contribution in [1.82, 2.24) is 4.98 Å². The van der Waals surface area contributed by atoms with Crippen molar-refractivity contribution in [3.63, 3.8) is 0 Å². The summed E-state index contributed by atoms with van der Waals surface area (Å²) in [5.41, 5.74) is -0.204. The molecule has 0 radical (unpaired) electrons. The van der Waals surface area contributed by atoms with E-state index in [-0.39, 0.29) is 11.1 Å². The van der Waals surface area contributed by atoms with Crippen LogP contribution < -0.4 is 0 Å². The minimum absolute atomic E-state index is 0.0190. The van der Waals surface area contributed by atoms with E-state index in [1.165, 1.54) is 30.6 Å². The molecule has 18 heavy (non-hydrogen) atoms. The first-order valence-corrected chi connectivity index (χ1v) is 5.09. The summed E-state index contributed by atoms with van der Waals surface area (Å²) in [6, 6.07) is 6.24. The number of pyridine rings is 1. The Kier molecular flexibility index (Phi) is 3.14. The van der Waals surface area contributed by atoms with Gasteiger partial charge in [-0.05, 0) is 35.4 Å². The van der Waals surface area contributed by atoms with Crippen LogP contribution in [0.4, 0.5) is 13.2 Å². The monoisotopic (exact) mass is 251 g/mol. The van der Waals surface area contributed by atoms with Crippen molar-refractivity contribution >= 4 is 6.29 Å². The molecule has 2 rings (SSSR count). The summed E-state index contributed by atoms with van der Waals surface area (Å²) in [4.78, 5) is 14.4. The molecular weight excluding hydrogens is 243 g/mol. The second-order valence-corrected chi connectivity index (χ2v) is 3.66. The van der Waals surface area contributed by atoms with E-state index in [2.05, 4.69) is 4.98 Å². The molecule has 0 amide bonds. The Labute approximate surface area is 101 Å². The van der Waals surface area contributed by atoms with Crippen molar-refractivity contribution in [2.24, 2.45) is 0 Å². The van der Waals surface area contributed by atoms with E-state index in [4.69, 9.17) is 0 Å². The van der Waals surface area contributed by atoms with Gasteiger partial charge in [0.2, 0.25) is 0 Å². The maximum Gasteiger partial charge on any atom is 0.417 e. The van der Waals surface area contributed by atoms with E-state index < -0.39 is 11.7 Å². The zero-order valence-electron chi connectivity index (χ0n) is 9.11. The maximum absolute atomic E-state index is 12.9. The molecule has 0 saturated carbocycles. The molecule has 5 heteroatoms. The highest BCUT2D eigenvalue weighted by Gasteiger charge is 2.33. The molecule has 1 aromatic carbocycles. The average molecular weight is 251 g/mol. The normalized spacial score (nSPS) is 11.3. The average Bonchev–Trinajstić information content (AvgIpc) is 2.38. The number of alkyl halides is 3. The molecule has 2 nitrogen and oxygen atoms in total. The molecule has 0 saturated heterocycles. The second kappa shape index (κ2) is 4.60. The molecule has 0 atom stereocenters. The van der Waals surface area contributed by atoms with Crippen LogP contribution in [0.3, 0.4) is 0 Å². The molecule has 0 unspecified atom stereocenters. The molecule has 92 valence electrons. The summed E-state index contributed by atoms with van der Waals surface area (Å²) in [5.74, 6) is 0. The molecular formula is C13H8F3NO. The molecule has 0 N–H and O–H groups in total. The fourth-order valence-electron chi connectivity index (χ4n) is 1.65. The second-order valence-electron chi connectivity index (χ2n) is 3.66. The zero-order valence-corrected chi connectivity index (χ0v) is 9.11. The maximum atomic E-state index is 12.9. The number of carbonyl (C=O) groups excluding carboxylic acids is 1. The lowest BCUT2D eigenvalue weighted by Gasteiger charge is -2.13. The lowest BCUT2D eigenvalue weighted by molar-refractivity contribution is -0.137. The van der Waals surface area contributed by atoms with Gasteiger partial charge in [-0.1, -0.05) is 6.07 Å². The Hall–Kier alpha value is -2.17. The number of aldehydes is 1. The van der Waals surface area contributed by atoms with Gasteiger partial charge in [0.05, 0.1) is 5.56 Å². The molecule has 0 aliphatic carbocycles. The summed E-state index contributed by atoms with van der Waals surface area (Å²) in [6.07, 6.45) is -1.13. The van der Waals surface area contributed by atoms with Gasteiger partial charge in [0.25, 0.3) is 0 Å². The fourth-order valence-corrected chi connectivity index (χ4v) is 1.65. The Morgan fingerprint density at radius 3 is 2.28 bits per heavy atom. The molecule has 0 aliphatic rings. The van der Waals surface area contributed by atoms with Crippen molar-refractivity contribution < 1.29 is 18.0 Å². The van der Waals surface area contributed by atoms with Crippen molar-refractivity contribution in [2.75, 3.05) is 0 Å². The van der Waals surface area contributed by atoms with E-state index in [1.807, 2.05) is 0 Å². The molecule has 1 heterocycles. The summed E-state index contributed by atoms with van der Waals surface area (Å²) in [7, 11) is 0. The molecule has 0 bridgehead atoms. The lowest BCUT2D eigenvalue weighted by atomic mass is 9.98. The number of hydrogen-bond acceptors (Lipinski definition) is 2. The smallest absolute Gasteiger partial charge is 0.298 e. The number of nitrogens with zero attached hydrogens (tertiary/aromatic N) is 1. The Bertz CT molecular complexity index is 564. The third-order valence-electron chi connectivity index (χ3n) is 2.48. The van der Waals surface area contributed by atoms with E-state index in [9.17, 15) is 18.0 Å². The Balaban J connectivity index is 2.66. The van der Waals surface area contributed by atoms with Crippen molar-refractivity contribution in [3.05, 3.63) is 53.9 Å². The summed E-state index contributed by atoms with van der Waals surface area (Å²) in [6.45, 7) is 0. The highest BCUT2D eigenvalue weighted by molar-refractivity contribution is 5.80. The highest BCUT2D eigenvalue weighted by atomic mass is 19.4. The third-order valence-corrected chi connectivity index (χ3v) is 2.48. The van der Waals surface area contributed by atoms with Crippen molar-refractivity contribution in [2.45, 2.75) is 6.18 Å². The van der Waals surface area contributed by atoms with Gasteiger partial charge in [0, 0.05) is 18.0 Å². The number of aromatic nitrogens is 1. The number of halogens is 3. The van der Waals surface area contributed by atoms with Gasteiger partial charge in [0.1, 0.15) is 6.29 Å². The minimum Gasteiger partial charge on any atom is -0.298 e. The predicted molar refractivity (Wildman–Crippen MR) is 60.1 cm³/mol. The van der Waals surface area contributed by atoms with Crippen LogP contribution >= 0.6 is 0 Å². The predicted octanol–water partition coefficient (Wildman–Crippen LogP) is 3.58. The molecule has 0 aliphatic heterocycles. The van der Waals surface area contributed by atoms with Crippen molar-refractivity contribution in [1.29, 1.82) is 0 Å². The van der Waals surface area contributed by atoms with E-state index in [1.54, 1.807) is 0 Å². The first-order chi connectivity index (χ1) is 8.52. The van der Waals surface area contributed by atoms with Crippen LogP contribution in [0.5, 0.6) is 0 Å². The van der Waals surface area contributed by atoms with E-state index >= 15 is 0 Å². The summed E-state index contributed by atoms with van der Waals surface area (Å²) < 4.78 is 38.6. The van der Waals surface area contributed by atoms with E-state index in [0.29, 0.717) is 11.8 Å². The Morgan fingerprint density at radius 2 is 1.72 bits per heavy atom. The topological polar surface area (TPSA) is 30.0 Å². The van der Waals surface area contributed by atoms with Crippen LogP contribution in [-0.4, -0.2) is 11.3 Å². The van der Waals surface area contributed by atoms with Crippen LogP contribution in [0.15, 0.2) is 42.7 Å². The van der Waals surface area contributed by atoms with Gasteiger partial charge >= 0.3 is 6.18 Å². The van der Waals surface area contributed by atoms with Gasteiger partial charge in [-0.25, -0.2) is 0 Å². The SMILES string of the molecule is O=Cc1ccc(C(F)(F)F)c(-c2ccncc2)c1. The number of benzene rings is 1. The molecule has 1 aromatic heterocycles. The van der Waals surface area contributed by atoms with Crippen LogP contribution in [0.1, 0.15) is 15.9 Å². The number of rotatable bonds is 2. The van der Waals surface area contributed by atoms with Crippen LogP contribution in [0.2, 0.25) is 0 Å². The van der Waals surface area contributed by atoms with Crippen molar-refractivity contribution in [3.8, 4) is 11.1 Å². The van der Waals surface area contributed by atoms with Gasteiger partial charge < -0.3 is 0 Å². The zero-order chi connectivity index (χ0) is 13.2. The van der Waals surface area contributed by atoms with Crippen LogP contribution in [0.25, 0.3) is 11.1 Å². The van der Waals surface area contributed by atoms with Gasteiger partial charge in [0.15, 0.2) is 0 Å². The largest absolute Gasteiger partial charge is 0.417 e. The molecule has 0 fully saturated rings. The Morgan fingerprint density at radius 1 is 1.06 bits per heavy atom. The summed E-state index contributed by atoms with van der Waals surface area (Å²) in [5, 5.41) is 0. The highest BCUT2D eigenvalue weighted by Crippen LogP contribution is 2.37. The van der Waals surface area contributed by atoms with E-state index in [0.717, 1.165) is 12.1 Å². The standard InChI is InChI=1S/C13H8F3NO/c14-13(15,16)12-2-1-9(8-18)7-11(12)10-3-5-17-6-4-10/h1-8H. The lowest BCUT2D eigenvalue weighted by Crippen LogP contribution is -2.07. The first-order valence-electron chi connectivity index (χ1n) is 5.09. The van der Waals surface area contributed by atoms with Crippen LogP contribution in [0, 0.1) is 0 Å². The van der Waals surface area contributed by atoms with Gasteiger partial charge in [-0.3, -0.25) is 9.78 Å². The van der Waals surface area contributed by atoms with Gasteiger partial charge in [-0.15, -0.1) is 0 Å². The number of carbonyl (C=O) groups is 1. The van der Waals surface area contributed by atoms with Crippen LogP contribution in [-0.2, 0) is 6.18 Å². The number of hydrogen-bond donors (Lipinski definition) is 0. The fraction of sp³-hybridized carbons (Fsp3) is 0.0769. The summed E-state index contributed by atoms with van der Waals surface area (Å²) >= 11 is 0. The van der Waals surface area contributed by atoms with Gasteiger partial charge in [-0.2, -0.15) is 13.2 Å². The third kappa shape index (κ3) is 2.40. The quantitative estimate of drug-likeness (QED) is 0.763.